The van der Waals surface area contributed by atoms with Gasteiger partial charge in [-0.05, 0) is 43.3 Å². The Hall–Kier alpha value is -1.60. The van der Waals surface area contributed by atoms with E-state index in [2.05, 4.69) is 51.3 Å². The molecular formula is C22H28BrClN4O. The van der Waals surface area contributed by atoms with Crippen molar-refractivity contribution in [2.45, 2.75) is 24.4 Å². The smallest absolute Gasteiger partial charge is 0.241 e. The molecule has 0 bridgehead atoms. The van der Waals surface area contributed by atoms with Crippen LogP contribution in [-0.4, -0.2) is 50.1 Å². The number of carbonyl (C=O) groups excluding carboxylic acids is 1. The number of hydrogen-bond donors (Lipinski definition) is 2. The van der Waals surface area contributed by atoms with Crippen molar-refractivity contribution in [2.75, 3.05) is 38.1 Å². The highest BCUT2D eigenvalue weighted by Crippen LogP contribution is 2.31. The van der Waals surface area contributed by atoms with E-state index < -0.39 is 11.4 Å². The summed E-state index contributed by atoms with van der Waals surface area (Å²) in [5.74, 6) is -0.0897. The SMILES string of the molecule is CNC(C)c1cc(Br)ccc1N1CCN(C(=O)C(N)C(Cl)c2ccccc2)CC1. The predicted molar refractivity (Wildman–Crippen MR) is 123 cm³/mol. The van der Waals surface area contributed by atoms with Gasteiger partial charge in [-0.3, -0.25) is 4.79 Å². The Morgan fingerprint density at radius 1 is 1.14 bits per heavy atom. The van der Waals surface area contributed by atoms with E-state index >= 15 is 0 Å². The van der Waals surface area contributed by atoms with Crippen LogP contribution in [0.25, 0.3) is 0 Å². The molecule has 1 fully saturated rings. The summed E-state index contributed by atoms with van der Waals surface area (Å²) in [7, 11) is 1.96. The molecule has 1 aliphatic heterocycles. The minimum atomic E-state index is -0.752. The molecule has 0 aliphatic carbocycles. The first-order valence-electron chi connectivity index (χ1n) is 9.87. The van der Waals surface area contributed by atoms with Crippen LogP contribution in [0.15, 0.2) is 53.0 Å². The monoisotopic (exact) mass is 478 g/mol. The van der Waals surface area contributed by atoms with Gasteiger partial charge in [0.25, 0.3) is 0 Å². The van der Waals surface area contributed by atoms with Crippen LogP contribution in [-0.2, 0) is 4.79 Å². The van der Waals surface area contributed by atoms with Gasteiger partial charge in [0.05, 0.1) is 5.38 Å². The molecule has 1 aliphatic rings. The van der Waals surface area contributed by atoms with Crippen LogP contribution in [0, 0.1) is 0 Å². The zero-order valence-electron chi connectivity index (χ0n) is 16.8. The summed E-state index contributed by atoms with van der Waals surface area (Å²) in [5, 5.41) is 2.78. The molecule has 0 radical (unpaired) electrons. The third-order valence-electron chi connectivity index (χ3n) is 5.54. The molecule has 1 saturated heterocycles. The number of piperazine rings is 1. The fourth-order valence-electron chi connectivity index (χ4n) is 3.66. The molecule has 0 aromatic heterocycles. The molecular weight excluding hydrogens is 452 g/mol. The Bertz CT molecular complexity index is 827. The third-order valence-corrected chi connectivity index (χ3v) is 6.56. The number of halogens is 2. The Balaban J connectivity index is 1.65. The lowest BCUT2D eigenvalue weighted by atomic mass is 10.0. The Kier molecular flexibility index (Phi) is 7.57. The quantitative estimate of drug-likeness (QED) is 0.621. The zero-order chi connectivity index (χ0) is 21.0. The number of nitrogens with two attached hydrogens (primary N) is 1. The number of carbonyl (C=O) groups is 1. The molecule has 156 valence electrons. The standard InChI is InChI=1S/C22H28BrClN4O/c1-15(26-2)18-14-17(23)8-9-19(18)27-10-12-28(13-11-27)22(29)21(25)20(24)16-6-4-3-5-7-16/h3-9,14-15,20-21,26H,10-13,25H2,1-2H3. The minimum absolute atomic E-state index is 0.0897. The number of alkyl halides is 1. The number of benzene rings is 2. The lowest BCUT2D eigenvalue weighted by Crippen LogP contribution is -2.54. The van der Waals surface area contributed by atoms with Crippen LogP contribution >= 0.6 is 27.5 Å². The first-order chi connectivity index (χ1) is 13.9. The number of nitrogens with zero attached hydrogens (tertiary/aromatic N) is 2. The topological polar surface area (TPSA) is 61.6 Å². The van der Waals surface area contributed by atoms with Crippen LogP contribution in [0.5, 0.6) is 0 Å². The van der Waals surface area contributed by atoms with Crippen molar-refractivity contribution >= 4 is 39.1 Å². The van der Waals surface area contributed by atoms with Gasteiger partial charge < -0.3 is 20.9 Å². The van der Waals surface area contributed by atoms with Gasteiger partial charge in [-0.2, -0.15) is 0 Å². The number of nitrogens with one attached hydrogen (secondary N) is 1. The first kappa shape index (κ1) is 22.1. The van der Waals surface area contributed by atoms with E-state index in [-0.39, 0.29) is 11.9 Å². The van der Waals surface area contributed by atoms with Gasteiger partial charge in [-0.25, -0.2) is 0 Å². The second kappa shape index (κ2) is 9.94. The fraction of sp³-hybridized carbons (Fsp3) is 0.409. The van der Waals surface area contributed by atoms with Crippen LogP contribution in [0.3, 0.4) is 0 Å². The van der Waals surface area contributed by atoms with Crippen molar-refractivity contribution in [1.29, 1.82) is 0 Å². The molecule has 1 amide bonds. The van der Waals surface area contributed by atoms with Crippen molar-refractivity contribution in [2.24, 2.45) is 5.73 Å². The van der Waals surface area contributed by atoms with Gasteiger partial charge in [-0.1, -0.05) is 46.3 Å². The first-order valence-corrected chi connectivity index (χ1v) is 11.1. The maximum absolute atomic E-state index is 12.9. The summed E-state index contributed by atoms with van der Waals surface area (Å²) < 4.78 is 1.06. The van der Waals surface area contributed by atoms with E-state index in [0.29, 0.717) is 13.1 Å². The van der Waals surface area contributed by atoms with Gasteiger partial charge in [0.15, 0.2) is 0 Å². The molecule has 5 nitrogen and oxygen atoms in total. The average Bonchev–Trinajstić information content (AvgIpc) is 2.77. The average molecular weight is 480 g/mol. The maximum Gasteiger partial charge on any atom is 0.241 e. The van der Waals surface area contributed by atoms with Gasteiger partial charge >= 0.3 is 0 Å². The molecule has 7 heteroatoms. The molecule has 2 aromatic carbocycles. The minimum Gasteiger partial charge on any atom is -0.368 e. The summed E-state index contributed by atoms with van der Waals surface area (Å²) in [4.78, 5) is 17.1. The summed E-state index contributed by atoms with van der Waals surface area (Å²) in [6, 6.07) is 15.4. The van der Waals surface area contributed by atoms with Crippen molar-refractivity contribution in [1.82, 2.24) is 10.2 Å². The lowest BCUT2D eigenvalue weighted by Gasteiger charge is -2.39. The Morgan fingerprint density at radius 2 is 1.79 bits per heavy atom. The highest BCUT2D eigenvalue weighted by molar-refractivity contribution is 9.10. The van der Waals surface area contributed by atoms with Crippen molar-refractivity contribution in [3.63, 3.8) is 0 Å². The van der Waals surface area contributed by atoms with E-state index in [4.69, 9.17) is 17.3 Å². The molecule has 3 unspecified atom stereocenters. The van der Waals surface area contributed by atoms with Crippen LogP contribution in [0.1, 0.15) is 29.5 Å². The van der Waals surface area contributed by atoms with E-state index in [1.165, 1.54) is 11.3 Å². The van der Waals surface area contributed by atoms with E-state index in [1.807, 2.05) is 42.3 Å². The number of rotatable bonds is 6. The van der Waals surface area contributed by atoms with Crippen LogP contribution < -0.4 is 16.0 Å². The Morgan fingerprint density at radius 3 is 2.41 bits per heavy atom. The largest absolute Gasteiger partial charge is 0.368 e. The number of amides is 1. The van der Waals surface area contributed by atoms with E-state index in [1.54, 1.807) is 0 Å². The maximum atomic E-state index is 12.9. The lowest BCUT2D eigenvalue weighted by molar-refractivity contribution is -0.132. The summed E-state index contributed by atoms with van der Waals surface area (Å²) in [5.41, 5.74) is 9.53. The van der Waals surface area contributed by atoms with Crippen molar-refractivity contribution in [3.05, 3.63) is 64.1 Å². The van der Waals surface area contributed by atoms with Crippen molar-refractivity contribution in [3.8, 4) is 0 Å². The van der Waals surface area contributed by atoms with Gasteiger partial charge in [-0.15, -0.1) is 11.6 Å². The van der Waals surface area contributed by atoms with Crippen LogP contribution in [0.4, 0.5) is 5.69 Å². The highest BCUT2D eigenvalue weighted by Gasteiger charge is 2.31. The normalized spacial score (nSPS) is 17.7. The number of hydrogen-bond acceptors (Lipinski definition) is 4. The molecule has 3 N–H and O–H groups in total. The highest BCUT2D eigenvalue weighted by atomic mass is 79.9. The van der Waals surface area contributed by atoms with Gasteiger partial charge in [0.1, 0.15) is 6.04 Å². The van der Waals surface area contributed by atoms with E-state index in [0.717, 1.165) is 23.1 Å². The predicted octanol–water partition coefficient (Wildman–Crippen LogP) is 3.69. The molecule has 3 rings (SSSR count). The molecule has 3 atom stereocenters. The number of anilines is 1. The second-order valence-electron chi connectivity index (χ2n) is 7.36. The molecule has 0 saturated carbocycles. The summed E-state index contributed by atoms with van der Waals surface area (Å²) in [6.07, 6.45) is 0. The van der Waals surface area contributed by atoms with E-state index in [9.17, 15) is 4.79 Å². The molecule has 2 aromatic rings. The fourth-order valence-corrected chi connectivity index (χ4v) is 4.30. The van der Waals surface area contributed by atoms with Crippen molar-refractivity contribution < 1.29 is 4.79 Å². The van der Waals surface area contributed by atoms with Gasteiger partial charge in [0.2, 0.25) is 5.91 Å². The summed E-state index contributed by atoms with van der Waals surface area (Å²) >= 11 is 10.1. The second-order valence-corrected chi connectivity index (χ2v) is 8.75. The molecule has 0 spiro atoms. The third kappa shape index (κ3) is 5.12. The Labute approximate surface area is 186 Å². The van der Waals surface area contributed by atoms with Crippen LogP contribution in [0.2, 0.25) is 0 Å². The molecule has 29 heavy (non-hydrogen) atoms. The van der Waals surface area contributed by atoms with Gasteiger partial charge in [0, 0.05) is 42.4 Å². The molecule has 1 heterocycles. The summed E-state index contributed by atoms with van der Waals surface area (Å²) in [6.45, 7) is 4.95. The zero-order valence-corrected chi connectivity index (χ0v) is 19.2.